The van der Waals surface area contributed by atoms with Gasteiger partial charge in [0, 0.05) is 23.7 Å². The third kappa shape index (κ3) is 4.74. The number of carbonyl (C=O) groups is 1. The molecule has 0 radical (unpaired) electrons. The summed E-state index contributed by atoms with van der Waals surface area (Å²) in [5, 5.41) is 3.71. The lowest BCUT2D eigenvalue weighted by Gasteiger charge is -2.11. The van der Waals surface area contributed by atoms with Crippen molar-refractivity contribution in [2.24, 2.45) is 0 Å². The number of para-hydroxylation sites is 1. The Labute approximate surface area is 185 Å². The maximum Gasteiger partial charge on any atom is 0.255 e. The average Bonchev–Trinajstić information content (AvgIpc) is 2.79. The maximum absolute atomic E-state index is 12.8. The summed E-state index contributed by atoms with van der Waals surface area (Å²) in [5.41, 5.74) is 2.14. The fraction of sp³-hybridized carbons (Fsp3) is 0.0435. The summed E-state index contributed by atoms with van der Waals surface area (Å²) in [4.78, 5) is 17.0. The summed E-state index contributed by atoms with van der Waals surface area (Å²) in [6, 6.07) is 22.4. The monoisotopic (exact) mass is 451 g/mol. The molecule has 0 spiro atoms. The molecule has 0 aliphatic heterocycles. The molecule has 4 rings (SSSR count). The summed E-state index contributed by atoms with van der Waals surface area (Å²) in [6.45, 7) is 0.109. The molecule has 4 aromatic rings. The molecule has 1 aromatic heterocycles. The van der Waals surface area contributed by atoms with Crippen molar-refractivity contribution in [3.8, 4) is 0 Å². The Morgan fingerprint density at radius 1 is 0.935 bits per heavy atom. The predicted molar refractivity (Wildman–Crippen MR) is 122 cm³/mol. The minimum Gasteiger partial charge on any atom is -0.320 e. The number of sulfonamides is 1. The maximum atomic E-state index is 12.8. The molecular formula is C23H18ClN3O3S. The number of nitrogens with one attached hydrogen (secondary N) is 2. The van der Waals surface area contributed by atoms with Gasteiger partial charge in [0.25, 0.3) is 5.91 Å². The van der Waals surface area contributed by atoms with Crippen LogP contribution in [-0.4, -0.2) is 19.3 Å². The highest BCUT2D eigenvalue weighted by Crippen LogP contribution is 2.25. The molecule has 0 bridgehead atoms. The Hall–Kier alpha value is -3.26. The molecule has 2 N–H and O–H groups in total. The smallest absolute Gasteiger partial charge is 0.255 e. The molecular weight excluding hydrogens is 434 g/mol. The van der Waals surface area contributed by atoms with E-state index in [1.807, 2.05) is 54.6 Å². The Kier molecular flexibility index (Phi) is 5.99. The van der Waals surface area contributed by atoms with Crippen LogP contribution in [0.25, 0.3) is 10.9 Å². The molecule has 0 unspecified atom stereocenters. The molecule has 1 amide bonds. The van der Waals surface area contributed by atoms with E-state index in [1.54, 1.807) is 12.3 Å². The molecule has 31 heavy (non-hydrogen) atoms. The normalized spacial score (nSPS) is 11.4. The van der Waals surface area contributed by atoms with Crippen LogP contribution in [0, 0.1) is 0 Å². The summed E-state index contributed by atoms with van der Waals surface area (Å²) in [7, 11) is -3.93. The Bertz CT molecular complexity index is 1350. The van der Waals surface area contributed by atoms with Crippen LogP contribution in [0.1, 0.15) is 15.9 Å². The largest absolute Gasteiger partial charge is 0.320 e. The number of anilines is 1. The third-order valence-electron chi connectivity index (χ3n) is 4.67. The SMILES string of the molecule is O=C(Nc1cccc2cccnc12)c1ccc(Cl)c(S(=O)(=O)NCc2ccccc2)c1. The van der Waals surface area contributed by atoms with Crippen LogP contribution in [0.15, 0.2) is 90.0 Å². The number of aromatic nitrogens is 1. The second kappa shape index (κ2) is 8.85. The lowest BCUT2D eigenvalue weighted by atomic mass is 10.1. The molecule has 0 saturated heterocycles. The van der Waals surface area contributed by atoms with Crippen molar-refractivity contribution < 1.29 is 13.2 Å². The van der Waals surface area contributed by atoms with Crippen LogP contribution in [0.2, 0.25) is 5.02 Å². The van der Waals surface area contributed by atoms with Crippen molar-refractivity contribution in [2.45, 2.75) is 11.4 Å². The first-order valence-electron chi connectivity index (χ1n) is 9.42. The van der Waals surface area contributed by atoms with Gasteiger partial charge in [-0.3, -0.25) is 9.78 Å². The molecule has 6 nitrogen and oxygen atoms in total. The van der Waals surface area contributed by atoms with E-state index in [4.69, 9.17) is 11.6 Å². The average molecular weight is 452 g/mol. The number of carbonyl (C=O) groups excluding carboxylic acids is 1. The van der Waals surface area contributed by atoms with Crippen molar-refractivity contribution in [1.82, 2.24) is 9.71 Å². The number of hydrogen-bond acceptors (Lipinski definition) is 4. The fourth-order valence-electron chi connectivity index (χ4n) is 3.10. The number of halogens is 1. The van der Waals surface area contributed by atoms with Crippen LogP contribution in [0.3, 0.4) is 0 Å². The number of nitrogens with zero attached hydrogens (tertiary/aromatic N) is 1. The number of amides is 1. The first-order chi connectivity index (χ1) is 14.9. The molecule has 0 fully saturated rings. The van der Waals surface area contributed by atoms with Gasteiger partial charge in [-0.15, -0.1) is 0 Å². The first kappa shape index (κ1) is 21.0. The minimum absolute atomic E-state index is 0.0314. The Balaban J connectivity index is 1.58. The summed E-state index contributed by atoms with van der Waals surface area (Å²) < 4.78 is 28.1. The van der Waals surface area contributed by atoms with Crippen LogP contribution in [0.4, 0.5) is 5.69 Å². The Morgan fingerprint density at radius 3 is 2.52 bits per heavy atom. The van der Waals surface area contributed by atoms with Crippen LogP contribution in [0.5, 0.6) is 0 Å². The molecule has 156 valence electrons. The molecule has 0 aliphatic rings. The van der Waals surface area contributed by atoms with E-state index in [-0.39, 0.29) is 22.0 Å². The van der Waals surface area contributed by atoms with Crippen molar-refractivity contribution in [3.05, 3.63) is 101 Å². The number of pyridine rings is 1. The van der Waals surface area contributed by atoms with Gasteiger partial charge < -0.3 is 5.32 Å². The number of hydrogen-bond donors (Lipinski definition) is 2. The quantitative estimate of drug-likeness (QED) is 0.447. The van der Waals surface area contributed by atoms with Gasteiger partial charge >= 0.3 is 0 Å². The van der Waals surface area contributed by atoms with E-state index >= 15 is 0 Å². The highest BCUT2D eigenvalue weighted by atomic mass is 35.5. The molecule has 0 aliphatic carbocycles. The van der Waals surface area contributed by atoms with Gasteiger partial charge in [-0.05, 0) is 35.9 Å². The lowest BCUT2D eigenvalue weighted by Crippen LogP contribution is -2.24. The summed E-state index contributed by atoms with van der Waals surface area (Å²) >= 11 is 6.14. The van der Waals surface area contributed by atoms with Gasteiger partial charge in [-0.2, -0.15) is 0 Å². The fourth-order valence-corrected chi connectivity index (χ4v) is 4.64. The second-order valence-electron chi connectivity index (χ2n) is 6.79. The third-order valence-corrected chi connectivity index (χ3v) is 6.56. The van der Waals surface area contributed by atoms with Crippen LogP contribution < -0.4 is 10.0 Å². The van der Waals surface area contributed by atoms with E-state index in [1.165, 1.54) is 18.2 Å². The molecule has 8 heteroatoms. The zero-order valence-corrected chi connectivity index (χ0v) is 17.8. The van der Waals surface area contributed by atoms with Gasteiger partial charge in [0.2, 0.25) is 10.0 Å². The second-order valence-corrected chi connectivity index (χ2v) is 8.93. The van der Waals surface area contributed by atoms with Crippen LogP contribution in [-0.2, 0) is 16.6 Å². The highest BCUT2D eigenvalue weighted by Gasteiger charge is 2.20. The predicted octanol–water partition coefficient (Wildman–Crippen LogP) is 4.62. The summed E-state index contributed by atoms with van der Waals surface area (Å²) in [6.07, 6.45) is 1.64. The zero-order valence-electron chi connectivity index (χ0n) is 16.2. The molecule has 1 heterocycles. The van der Waals surface area contributed by atoms with Crippen molar-refractivity contribution in [1.29, 1.82) is 0 Å². The number of benzene rings is 3. The van der Waals surface area contributed by atoms with Gasteiger partial charge in [0.15, 0.2) is 0 Å². The van der Waals surface area contributed by atoms with Gasteiger partial charge in [0.05, 0.1) is 16.2 Å². The van der Waals surface area contributed by atoms with E-state index in [0.717, 1.165) is 10.9 Å². The van der Waals surface area contributed by atoms with Crippen molar-refractivity contribution in [3.63, 3.8) is 0 Å². The van der Waals surface area contributed by atoms with Crippen LogP contribution >= 0.6 is 11.6 Å². The van der Waals surface area contributed by atoms with Gasteiger partial charge in [0.1, 0.15) is 4.90 Å². The van der Waals surface area contributed by atoms with Crippen molar-refractivity contribution >= 4 is 44.1 Å². The summed E-state index contributed by atoms with van der Waals surface area (Å²) in [5.74, 6) is -0.464. The van der Waals surface area contributed by atoms with E-state index in [0.29, 0.717) is 11.2 Å². The van der Waals surface area contributed by atoms with Gasteiger partial charge in [-0.25, -0.2) is 13.1 Å². The van der Waals surface area contributed by atoms with E-state index < -0.39 is 15.9 Å². The zero-order chi connectivity index (χ0) is 21.8. The number of rotatable bonds is 6. The lowest BCUT2D eigenvalue weighted by molar-refractivity contribution is 0.102. The standard InChI is InChI=1S/C23H18ClN3O3S/c24-19-12-11-18(14-21(19)31(29,30)26-15-16-6-2-1-3-7-16)23(28)27-20-10-4-8-17-9-5-13-25-22(17)20/h1-14,26H,15H2,(H,27,28). The Morgan fingerprint density at radius 2 is 1.71 bits per heavy atom. The minimum atomic E-state index is -3.93. The molecule has 0 atom stereocenters. The topological polar surface area (TPSA) is 88.2 Å². The number of fused-ring (bicyclic) bond motifs is 1. The van der Waals surface area contributed by atoms with Gasteiger partial charge in [-0.1, -0.05) is 60.1 Å². The molecule has 3 aromatic carbocycles. The highest BCUT2D eigenvalue weighted by molar-refractivity contribution is 7.89. The van der Waals surface area contributed by atoms with E-state index in [2.05, 4.69) is 15.0 Å². The first-order valence-corrected chi connectivity index (χ1v) is 11.3. The van der Waals surface area contributed by atoms with E-state index in [9.17, 15) is 13.2 Å². The van der Waals surface area contributed by atoms with Crippen molar-refractivity contribution in [2.75, 3.05) is 5.32 Å². The molecule has 0 saturated carbocycles.